The van der Waals surface area contributed by atoms with Crippen LogP contribution in [0.3, 0.4) is 0 Å². The zero-order chi connectivity index (χ0) is 19.6. The lowest BCUT2D eigenvalue weighted by Gasteiger charge is -2.14. The lowest BCUT2D eigenvalue weighted by Crippen LogP contribution is -2.33. The van der Waals surface area contributed by atoms with E-state index in [1.807, 2.05) is 12.2 Å². The summed E-state index contributed by atoms with van der Waals surface area (Å²) in [5.74, 6) is -0.982. The lowest BCUT2D eigenvalue weighted by molar-refractivity contribution is -0.535. The molecule has 0 aromatic carbocycles. The highest BCUT2D eigenvalue weighted by molar-refractivity contribution is 5.66. The number of aliphatic hydroxyl groups excluding tert-OH is 1. The van der Waals surface area contributed by atoms with Crippen molar-refractivity contribution in [3.05, 3.63) is 46.6 Å². The van der Waals surface area contributed by atoms with E-state index in [9.17, 15) is 20.0 Å². The van der Waals surface area contributed by atoms with Crippen LogP contribution in [0.15, 0.2) is 36.5 Å². The van der Waals surface area contributed by atoms with Crippen molar-refractivity contribution < 1.29 is 19.9 Å². The molecule has 0 spiro atoms. The van der Waals surface area contributed by atoms with Crippen molar-refractivity contribution in [2.75, 3.05) is 0 Å². The summed E-state index contributed by atoms with van der Waals surface area (Å²) in [6, 6.07) is -1.12. The monoisotopic (exact) mass is 367 g/mol. The number of carboxylic acids is 1. The van der Waals surface area contributed by atoms with E-state index in [0.29, 0.717) is 0 Å². The van der Waals surface area contributed by atoms with Gasteiger partial charge in [0.05, 0.1) is 0 Å². The average Bonchev–Trinajstić information content (AvgIpc) is 2.59. The summed E-state index contributed by atoms with van der Waals surface area (Å²) >= 11 is 0. The highest BCUT2D eigenvalue weighted by atomic mass is 16.6. The Labute approximate surface area is 156 Å². The maximum Gasteiger partial charge on any atom is 0.303 e. The van der Waals surface area contributed by atoms with Crippen molar-refractivity contribution in [3.63, 3.8) is 0 Å². The molecule has 6 nitrogen and oxygen atoms in total. The number of carbonyl (C=O) groups is 1. The van der Waals surface area contributed by atoms with Gasteiger partial charge in [0, 0.05) is 17.8 Å². The molecule has 0 aromatic heterocycles. The Hall–Kier alpha value is -1.95. The molecule has 2 atom stereocenters. The Balaban J connectivity index is 3.96. The van der Waals surface area contributed by atoms with Crippen LogP contribution in [0.2, 0.25) is 0 Å². The highest BCUT2D eigenvalue weighted by Crippen LogP contribution is 2.12. The van der Waals surface area contributed by atoms with Crippen LogP contribution in [0.4, 0.5) is 0 Å². The second kappa shape index (κ2) is 16.5. The Morgan fingerprint density at radius 3 is 2.23 bits per heavy atom. The maximum atomic E-state index is 11.0. The number of unbranched alkanes of at least 4 members (excludes halogenated alkanes) is 3. The average molecular weight is 367 g/mol. The molecule has 0 rings (SSSR count). The van der Waals surface area contributed by atoms with E-state index in [1.54, 1.807) is 6.08 Å². The standard InChI is InChI=1S/C20H33NO5/c1-2-3-4-5-6-7-8-9-10-11-12-13-16-19(22)18(21(25)26)15-14-17-20(23)24/h6-7,9-10,12-13,18-19,22H,2-5,8,11,14-17H2,1H3,(H,23,24)/b7-6-,10-9-,13-12-. The lowest BCUT2D eigenvalue weighted by atomic mass is 10.0. The molecule has 2 N–H and O–H groups in total. The van der Waals surface area contributed by atoms with Gasteiger partial charge < -0.3 is 10.2 Å². The van der Waals surface area contributed by atoms with E-state index in [0.717, 1.165) is 19.3 Å². The van der Waals surface area contributed by atoms with Crippen LogP contribution in [0.1, 0.15) is 71.1 Å². The molecule has 0 aliphatic carbocycles. The normalized spacial score (nSPS) is 14.4. The molecule has 0 amide bonds. The van der Waals surface area contributed by atoms with Gasteiger partial charge in [0.25, 0.3) is 0 Å². The van der Waals surface area contributed by atoms with E-state index >= 15 is 0 Å². The first kappa shape index (κ1) is 24.1. The van der Waals surface area contributed by atoms with Gasteiger partial charge in [-0.3, -0.25) is 14.9 Å². The number of allylic oxidation sites excluding steroid dienone is 5. The van der Waals surface area contributed by atoms with Gasteiger partial charge in [-0.05, 0) is 38.5 Å². The predicted molar refractivity (Wildman–Crippen MR) is 104 cm³/mol. The van der Waals surface area contributed by atoms with Crippen molar-refractivity contribution in [2.24, 2.45) is 0 Å². The first-order valence-corrected chi connectivity index (χ1v) is 9.47. The number of aliphatic hydroxyl groups is 1. The quantitative estimate of drug-likeness (QED) is 0.179. The van der Waals surface area contributed by atoms with Crippen LogP contribution in [-0.4, -0.2) is 33.3 Å². The summed E-state index contributed by atoms with van der Waals surface area (Å²) in [5.41, 5.74) is 0. The fourth-order valence-electron chi connectivity index (χ4n) is 2.47. The van der Waals surface area contributed by atoms with E-state index in [4.69, 9.17) is 5.11 Å². The summed E-state index contributed by atoms with van der Waals surface area (Å²) < 4.78 is 0. The molecular weight excluding hydrogens is 334 g/mol. The van der Waals surface area contributed by atoms with Crippen LogP contribution >= 0.6 is 0 Å². The van der Waals surface area contributed by atoms with Crippen molar-refractivity contribution in [1.82, 2.24) is 0 Å². The summed E-state index contributed by atoms with van der Waals surface area (Å²) in [6.07, 6.45) is 17.8. The predicted octanol–water partition coefficient (Wildman–Crippen LogP) is 4.67. The summed E-state index contributed by atoms with van der Waals surface area (Å²) in [7, 11) is 0. The fraction of sp³-hybridized carbons (Fsp3) is 0.650. The molecule has 0 heterocycles. The largest absolute Gasteiger partial charge is 0.481 e. The zero-order valence-corrected chi connectivity index (χ0v) is 15.8. The SMILES string of the molecule is CCCCC/C=C\C/C=C\C/C=C\CC(O)C(CCCC(=O)O)[N+](=O)[O-]. The fourth-order valence-corrected chi connectivity index (χ4v) is 2.47. The number of aliphatic carboxylic acids is 1. The molecule has 26 heavy (non-hydrogen) atoms. The molecule has 148 valence electrons. The van der Waals surface area contributed by atoms with Crippen LogP contribution < -0.4 is 0 Å². The Morgan fingerprint density at radius 1 is 1.04 bits per heavy atom. The van der Waals surface area contributed by atoms with E-state index < -0.39 is 23.0 Å². The molecule has 2 unspecified atom stereocenters. The van der Waals surface area contributed by atoms with Gasteiger partial charge >= 0.3 is 5.97 Å². The molecule has 0 radical (unpaired) electrons. The molecular formula is C20H33NO5. The van der Waals surface area contributed by atoms with Gasteiger partial charge in [0.1, 0.15) is 6.10 Å². The number of hydrogen-bond donors (Lipinski definition) is 2. The van der Waals surface area contributed by atoms with E-state index in [1.165, 1.54) is 19.3 Å². The van der Waals surface area contributed by atoms with Crippen LogP contribution in [0, 0.1) is 10.1 Å². The third kappa shape index (κ3) is 14.4. The topological polar surface area (TPSA) is 101 Å². The minimum atomic E-state index is -1.12. The number of nitrogens with zero attached hydrogens (tertiary/aromatic N) is 1. The zero-order valence-electron chi connectivity index (χ0n) is 15.8. The molecule has 0 aliphatic heterocycles. The second-order valence-corrected chi connectivity index (χ2v) is 6.32. The number of carboxylic acid groups (broad SMARTS) is 1. The van der Waals surface area contributed by atoms with Gasteiger partial charge in [-0.15, -0.1) is 0 Å². The van der Waals surface area contributed by atoms with Crippen LogP contribution in [0.25, 0.3) is 0 Å². The molecule has 0 fully saturated rings. The molecule has 0 saturated carbocycles. The molecule has 6 heteroatoms. The Kier molecular flexibility index (Phi) is 15.3. The van der Waals surface area contributed by atoms with Crippen LogP contribution in [0.5, 0.6) is 0 Å². The van der Waals surface area contributed by atoms with Gasteiger partial charge in [0.2, 0.25) is 6.04 Å². The van der Waals surface area contributed by atoms with Gasteiger partial charge in [-0.1, -0.05) is 56.2 Å². The number of rotatable bonds is 16. The molecule has 0 aromatic rings. The minimum absolute atomic E-state index is 0.0683. The van der Waals surface area contributed by atoms with Crippen LogP contribution in [-0.2, 0) is 4.79 Å². The summed E-state index contributed by atoms with van der Waals surface area (Å²) in [5, 5.41) is 29.5. The number of hydrogen-bond acceptors (Lipinski definition) is 4. The Morgan fingerprint density at radius 2 is 1.65 bits per heavy atom. The molecule has 0 aliphatic rings. The summed E-state index contributed by atoms with van der Waals surface area (Å²) in [4.78, 5) is 20.9. The second-order valence-electron chi connectivity index (χ2n) is 6.32. The van der Waals surface area contributed by atoms with Gasteiger partial charge in [-0.2, -0.15) is 0 Å². The van der Waals surface area contributed by atoms with Crippen molar-refractivity contribution >= 4 is 5.97 Å². The third-order valence-electron chi connectivity index (χ3n) is 4.00. The summed E-state index contributed by atoms with van der Waals surface area (Å²) in [6.45, 7) is 2.19. The molecule has 0 bridgehead atoms. The van der Waals surface area contributed by atoms with Gasteiger partial charge in [0.15, 0.2) is 0 Å². The minimum Gasteiger partial charge on any atom is -0.481 e. The van der Waals surface area contributed by atoms with Gasteiger partial charge in [-0.25, -0.2) is 0 Å². The van der Waals surface area contributed by atoms with E-state index in [2.05, 4.69) is 25.2 Å². The highest BCUT2D eigenvalue weighted by Gasteiger charge is 2.28. The van der Waals surface area contributed by atoms with E-state index in [-0.39, 0.29) is 25.7 Å². The first-order valence-electron chi connectivity index (χ1n) is 9.47. The van der Waals surface area contributed by atoms with Crippen molar-refractivity contribution in [2.45, 2.75) is 83.3 Å². The third-order valence-corrected chi connectivity index (χ3v) is 4.00. The smallest absolute Gasteiger partial charge is 0.303 e. The maximum absolute atomic E-state index is 11.0. The Bertz CT molecular complexity index is 471. The van der Waals surface area contributed by atoms with Crippen molar-refractivity contribution in [1.29, 1.82) is 0 Å². The van der Waals surface area contributed by atoms with Crippen molar-refractivity contribution in [3.8, 4) is 0 Å². The first-order chi connectivity index (χ1) is 12.5. The molecule has 0 saturated heterocycles. The number of nitro groups is 1.